The zero-order chi connectivity index (χ0) is 24.4. The van der Waals surface area contributed by atoms with E-state index >= 15 is 0 Å². The van der Waals surface area contributed by atoms with E-state index in [0.29, 0.717) is 43.2 Å². The maximum Gasteiger partial charge on any atom is 0.272 e. The number of amides is 2. The van der Waals surface area contributed by atoms with Crippen LogP contribution in [0.1, 0.15) is 26.5 Å². The minimum atomic E-state index is -0.106. The summed E-state index contributed by atoms with van der Waals surface area (Å²) in [5, 5.41) is 1.05. The predicted octanol–water partition coefficient (Wildman–Crippen LogP) is 4.21. The van der Waals surface area contributed by atoms with E-state index in [2.05, 4.69) is 9.97 Å². The Morgan fingerprint density at radius 3 is 2.31 bits per heavy atom. The molecule has 0 N–H and O–H groups in total. The number of benzene rings is 2. The van der Waals surface area contributed by atoms with Crippen molar-refractivity contribution in [3.8, 4) is 16.9 Å². The average Bonchev–Trinajstić information content (AvgIpc) is 2.91. The van der Waals surface area contributed by atoms with Crippen LogP contribution in [-0.4, -0.2) is 64.9 Å². The second kappa shape index (κ2) is 9.54. The molecule has 0 saturated carbocycles. The van der Waals surface area contributed by atoms with Gasteiger partial charge < -0.3 is 14.5 Å². The van der Waals surface area contributed by atoms with E-state index in [9.17, 15) is 9.59 Å². The Labute approximate surface area is 204 Å². The number of carbonyl (C=O) groups excluding carboxylic acids is 2. The molecule has 3 heterocycles. The third-order valence-corrected chi connectivity index (χ3v) is 6.34. The van der Waals surface area contributed by atoms with Crippen LogP contribution in [0.3, 0.4) is 0 Å². The van der Waals surface area contributed by atoms with Crippen LogP contribution in [0.15, 0.2) is 72.9 Å². The topological polar surface area (TPSA) is 75.6 Å². The zero-order valence-corrected chi connectivity index (χ0v) is 19.8. The van der Waals surface area contributed by atoms with E-state index in [1.54, 1.807) is 29.2 Å². The quantitative estimate of drug-likeness (QED) is 0.450. The third kappa shape index (κ3) is 4.45. The number of hydrogen-bond donors (Lipinski definition) is 0. The standard InChI is InChI=1S/C28H26N4O3/c1-19-6-3-10-24(30-19)28(34)32-16-14-31(15-17-32)27(33)23-12-11-21(18-25(23)35-2)22-9-4-7-20-8-5-13-29-26(20)22/h3-13,18H,14-17H2,1-2H3. The number of hydrogen-bond acceptors (Lipinski definition) is 5. The lowest BCUT2D eigenvalue weighted by Crippen LogP contribution is -2.50. The first kappa shape index (κ1) is 22.5. The fourth-order valence-corrected chi connectivity index (χ4v) is 4.48. The SMILES string of the molecule is COc1cc(-c2cccc3cccnc23)ccc1C(=O)N1CCN(C(=O)c2cccc(C)n2)CC1. The van der Waals surface area contributed by atoms with Gasteiger partial charge in [-0.25, -0.2) is 4.98 Å². The summed E-state index contributed by atoms with van der Waals surface area (Å²) < 4.78 is 5.62. The monoisotopic (exact) mass is 466 g/mol. The Kier molecular flexibility index (Phi) is 6.14. The van der Waals surface area contributed by atoms with Gasteiger partial charge in [0.05, 0.1) is 18.2 Å². The molecular weight excluding hydrogens is 440 g/mol. The maximum absolute atomic E-state index is 13.3. The van der Waals surface area contributed by atoms with Crippen molar-refractivity contribution in [3.05, 3.63) is 89.9 Å². The Morgan fingerprint density at radius 1 is 0.857 bits per heavy atom. The third-order valence-electron chi connectivity index (χ3n) is 6.34. The minimum Gasteiger partial charge on any atom is -0.496 e. The Morgan fingerprint density at radius 2 is 1.57 bits per heavy atom. The van der Waals surface area contributed by atoms with Crippen molar-refractivity contribution in [2.75, 3.05) is 33.3 Å². The largest absolute Gasteiger partial charge is 0.496 e. The number of piperazine rings is 1. The van der Waals surface area contributed by atoms with Gasteiger partial charge in [-0.15, -0.1) is 0 Å². The summed E-state index contributed by atoms with van der Waals surface area (Å²) in [7, 11) is 1.57. The fourth-order valence-electron chi connectivity index (χ4n) is 4.48. The van der Waals surface area contributed by atoms with E-state index in [1.807, 2.05) is 67.6 Å². The maximum atomic E-state index is 13.3. The number of pyridine rings is 2. The number of carbonyl (C=O) groups is 2. The van der Waals surface area contributed by atoms with Gasteiger partial charge in [0.2, 0.25) is 0 Å². The van der Waals surface area contributed by atoms with Gasteiger partial charge in [-0.1, -0.05) is 36.4 Å². The van der Waals surface area contributed by atoms with Crippen molar-refractivity contribution < 1.29 is 14.3 Å². The Hall–Kier alpha value is -4.26. The summed E-state index contributed by atoms with van der Waals surface area (Å²) in [6.07, 6.45) is 1.78. The summed E-state index contributed by atoms with van der Waals surface area (Å²) in [6, 6.07) is 21.0. The van der Waals surface area contributed by atoms with E-state index in [0.717, 1.165) is 27.7 Å². The summed E-state index contributed by atoms with van der Waals surface area (Å²) in [6.45, 7) is 3.69. The second-order valence-electron chi connectivity index (χ2n) is 8.54. The number of aromatic nitrogens is 2. The highest BCUT2D eigenvalue weighted by atomic mass is 16.5. The molecule has 1 aliphatic rings. The van der Waals surface area contributed by atoms with Gasteiger partial charge >= 0.3 is 0 Å². The number of nitrogens with zero attached hydrogens (tertiary/aromatic N) is 4. The van der Waals surface area contributed by atoms with Crippen LogP contribution < -0.4 is 4.74 Å². The molecular formula is C28H26N4O3. The normalized spacial score (nSPS) is 13.7. The summed E-state index contributed by atoms with van der Waals surface area (Å²) in [5.41, 5.74) is 4.56. The van der Waals surface area contributed by atoms with Crippen molar-refractivity contribution in [1.82, 2.24) is 19.8 Å². The van der Waals surface area contributed by atoms with E-state index in [4.69, 9.17) is 4.74 Å². The molecule has 1 fully saturated rings. The molecule has 176 valence electrons. The van der Waals surface area contributed by atoms with Crippen molar-refractivity contribution in [2.45, 2.75) is 6.92 Å². The molecule has 7 heteroatoms. The molecule has 2 aromatic heterocycles. The molecule has 0 unspecified atom stereocenters. The average molecular weight is 467 g/mol. The lowest BCUT2D eigenvalue weighted by Gasteiger charge is -2.34. The van der Waals surface area contributed by atoms with Gasteiger partial charge in [-0.05, 0) is 42.8 Å². The molecule has 2 aromatic carbocycles. The lowest BCUT2D eigenvalue weighted by atomic mass is 9.99. The van der Waals surface area contributed by atoms with E-state index < -0.39 is 0 Å². The smallest absolute Gasteiger partial charge is 0.272 e. The van der Waals surface area contributed by atoms with Gasteiger partial charge in [-0.2, -0.15) is 0 Å². The van der Waals surface area contributed by atoms with Crippen LogP contribution in [0, 0.1) is 6.92 Å². The lowest BCUT2D eigenvalue weighted by molar-refractivity contribution is 0.0530. The first-order valence-electron chi connectivity index (χ1n) is 11.6. The Bertz CT molecular complexity index is 1410. The van der Waals surface area contributed by atoms with Gasteiger partial charge in [0.1, 0.15) is 11.4 Å². The number of rotatable bonds is 4. The number of aryl methyl sites for hydroxylation is 1. The highest BCUT2D eigenvalue weighted by Gasteiger charge is 2.27. The van der Waals surface area contributed by atoms with Crippen molar-refractivity contribution in [3.63, 3.8) is 0 Å². The summed E-state index contributed by atoms with van der Waals surface area (Å²) >= 11 is 0. The van der Waals surface area contributed by atoms with Crippen LogP contribution in [0.5, 0.6) is 5.75 Å². The summed E-state index contributed by atoms with van der Waals surface area (Å²) in [4.78, 5) is 38.5. The predicted molar refractivity (Wildman–Crippen MR) is 135 cm³/mol. The number of ether oxygens (including phenoxy) is 1. The molecule has 4 aromatic rings. The molecule has 1 aliphatic heterocycles. The van der Waals surface area contributed by atoms with Gasteiger partial charge in [-0.3, -0.25) is 14.6 Å². The highest BCUT2D eigenvalue weighted by molar-refractivity contribution is 5.99. The molecule has 0 bridgehead atoms. The van der Waals surface area contributed by atoms with E-state index in [-0.39, 0.29) is 11.8 Å². The fraction of sp³-hybridized carbons (Fsp3) is 0.214. The molecule has 1 saturated heterocycles. The zero-order valence-electron chi connectivity index (χ0n) is 19.8. The van der Waals surface area contributed by atoms with Gasteiger partial charge in [0, 0.05) is 49.0 Å². The van der Waals surface area contributed by atoms with Crippen LogP contribution in [0.25, 0.3) is 22.0 Å². The Balaban J connectivity index is 1.33. The molecule has 2 amide bonds. The van der Waals surface area contributed by atoms with E-state index in [1.165, 1.54) is 0 Å². The van der Waals surface area contributed by atoms with Gasteiger partial charge in [0.15, 0.2) is 0 Å². The molecule has 35 heavy (non-hydrogen) atoms. The number of para-hydroxylation sites is 1. The number of fused-ring (bicyclic) bond motifs is 1. The van der Waals surface area contributed by atoms with Crippen molar-refractivity contribution in [1.29, 1.82) is 0 Å². The minimum absolute atomic E-state index is 0.105. The highest BCUT2D eigenvalue weighted by Crippen LogP contribution is 2.32. The van der Waals surface area contributed by atoms with Crippen LogP contribution in [0.2, 0.25) is 0 Å². The molecule has 0 aliphatic carbocycles. The molecule has 0 atom stereocenters. The molecule has 0 radical (unpaired) electrons. The van der Waals surface area contributed by atoms with Crippen molar-refractivity contribution in [2.24, 2.45) is 0 Å². The van der Waals surface area contributed by atoms with Crippen LogP contribution in [-0.2, 0) is 0 Å². The summed E-state index contributed by atoms with van der Waals surface area (Å²) in [5.74, 6) is 0.305. The van der Waals surface area contributed by atoms with Crippen molar-refractivity contribution >= 4 is 22.7 Å². The van der Waals surface area contributed by atoms with Gasteiger partial charge in [0.25, 0.3) is 11.8 Å². The second-order valence-corrected chi connectivity index (χ2v) is 8.54. The van der Waals surface area contributed by atoms with Crippen LogP contribution in [0.4, 0.5) is 0 Å². The first-order valence-corrected chi connectivity index (χ1v) is 11.6. The molecule has 5 rings (SSSR count). The molecule has 7 nitrogen and oxygen atoms in total. The first-order chi connectivity index (χ1) is 17.0. The molecule has 0 spiro atoms. The van der Waals surface area contributed by atoms with Crippen LogP contribution >= 0.6 is 0 Å². The number of methoxy groups -OCH3 is 1.